The summed E-state index contributed by atoms with van der Waals surface area (Å²) in [7, 11) is 1.67. The number of aliphatic hydroxyl groups is 1. The summed E-state index contributed by atoms with van der Waals surface area (Å²) >= 11 is 0. The summed E-state index contributed by atoms with van der Waals surface area (Å²) < 4.78 is 10.8. The minimum atomic E-state index is -0.603. The van der Waals surface area contributed by atoms with E-state index >= 15 is 0 Å². The Balaban J connectivity index is 1.73. The van der Waals surface area contributed by atoms with Gasteiger partial charge in [0.05, 0.1) is 24.9 Å². The van der Waals surface area contributed by atoms with Crippen LogP contribution in [0.25, 0.3) is 0 Å². The summed E-state index contributed by atoms with van der Waals surface area (Å²) in [5.74, 6) is 0.873. The molecule has 2 N–H and O–H groups in total. The predicted octanol–water partition coefficient (Wildman–Crippen LogP) is 2.50. The average molecular weight is 293 g/mol. The SMILES string of the molecule is COc1ccc(CNCC[C@]2(O)CCOC(C)(C)C2)cc1. The number of ether oxygens (including phenoxy) is 2. The molecule has 1 fully saturated rings. The number of methoxy groups -OCH3 is 1. The van der Waals surface area contributed by atoms with E-state index in [4.69, 9.17) is 9.47 Å². The molecule has 0 amide bonds. The summed E-state index contributed by atoms with van der Waals surface area (Å²) in [6.07, 6.45) is 2.18. The van der Waals surface area contributed by atoms with Gasteiger partial charge in [-0.15, -0.1) is 0 Å². The molecule has 0 aromatic heterocycles. The third kappa shape index (κ3) is 4.99. The molecule has 118 valence electrons. The molecule has 1 atom stereocenters. The van der Waals surface area contributed by atoms with Crippen LogP contribution in [0.5, 0.6) is 5.75 Å². The van der Waals surface area contributed by atoms with Crippen LogP contribution in [0.15, 0.2) is 24.3 Å². The normalized spacial score (nSPS) is 24.8. The van der Waals surface area contributed by atoms with E-state index in [-0.39, 0.29) is 5.60 Å². The molecule has 0 aliphatic carbocycles. The fourth-order valence-electron chi connectivity index (χ4n) is 2.96. The first-order valence-corrected chi connectivity index (χ1v) is 7.63. The van der Waals surface area contributed by atoms with Crippen molar-refractivity contribution in [3.05, 3.63) is 29.8 Å². The molecule has 4 heteroatoms. The highest BCUT2D eigenvalue weighted by atomic mass is 16.5. The van der Waals surface area contributed by atoms with Crippen LogP contribution in [0.1, 0.15) is 38.7 Å². The van der Waals surface area contributed by atoms with Gasteiger partial charge in [0.2, 0.25) is 0 Å². The third-order valence-corrected chi connectivity index (χ3v) is 4.07. The Bertz CT molecular complexity index is 444. The third-order valence-electron chi connectivity index (χ3n) is 4.07. The van der Waals surface area contributed by atoms with Crippen LogP contribution in [0.3, 0.4) is 0 Å². The monoisotopic (exact) mass is 293 g/mol. The van der Waals surface area contributed by atoms with Crippen molar-refractivity contribution in [2.75, 3.05) is 20.3 Å². The molecule has 0 radical (unpaired) electrons. The predicted molar refractivity (Wildman–Crippen MR) is 83.5 cm³/mol. The first kappa shape index (κ1) is 16.3. The van der Waals surface area contributed by atoms with Gasteiger partial charge in [-0.1, -0.05) is 12.1 Å². The van der Waals surface area contributed by atoms with Gasteiger partial charge in [0.1, 0.15) is 5.75 Å². The van der Waals surface area contributed by atoms with Gasteiger partial charge >= 0.3 is 0 Å². The quantitative estimate of drug-likeness (QED) is 0.791. The second-order valence-electron chi connectivity index (χ2n) is 6.53. The summed E-state index contributed by atoms with van der Waals surface area (Å²) in [6.45, 7) is 6.34. The van der Waals surface area contributed by atoms with Crippen LogP contribution < -0.4 is 10.1 Å². The molecule has 1 aliphatic rings. The van der Waals surface area contributed by atoms with Crippen molar-refractivity contribution >= 4 is 0 Å². The summed E-state index contributed by atoms with van der Waals surface area (Å²) in [5, 5.41) is 14.0. The highest BCUT2D eigenvalue weighted by Gasteiger charge is 2.38. The van der Waals surface area contributed by atoms with Crippen LogP contribution in [0, 0.1) is 0 Å². The van der Waals surface area contributed by atoms with E-state index in [1.54, 1.807) is 7.11 Å². The summed E-state index contributed by atoms with van der Waals surface area (Å²) in [6, 6.07) is 8.04. The summed E-state index contributed by atoms with van der Waals surface area (Å²) in [5.41, 5.74) is 0.396. The Kier molecular flexibility index (Phi) is 5.25. The Morgan fingerprint density at radius 1 is 1.29 bits per heavy atom. The number of benzene rings is 1. The van der Waals surface area contributed by atoms with E-state index < -0.39 is 5.60 Å². The van der Waals surface area contributed by atoms with Crippen molar-refractivity contribution in [3.63, 3.8) is 0 Å². The Morgan fingerprint density at radius 2 is 2.00 bits per heavy atom. The molecule has 21 heavy (non-hydrogen) atoms. The van der Waals surface area contributed by atoms with Gasteiger partial charge in [-0.2, -0.15) is 0 Å². The number of nitrogens with one attached hydrogen (secondary N) is 1. The molecule has 0 unspecified atom stereocenters. The second-order valence-corrected chi connectivity index (χ2v) is 6.53. The van der Waals surface area contributed by atoms with Crippen molar-refractivity contribution in [2.45, 2.75) is 50.9 Å². The highest BCUT2D eigenvalue weighted by molar-refractivity contribution is 5.26. The Morgan fingerprint density at radius 3 is 2.62 bits per heavy atom. The van der Waals surface area contributed by atoms with Crippen molar-refractivity contribution in [3.8, 4) is 5.75 Å². The second kappa shape index (κ2) is 6.77. The van der Waals surface area contributed by atoms with Crippen molar-refractivity contribution in [1.82, 2.24) is 5.32 Å². The fourth-order valence-corrected chi connectivity index (χ4v) is 2.96. The molecular formula is C17H27NO3. The zero-order valence-electron chi connectivity index (χ0n) is 13.3. The Labute approximate surface area is 127 Å². The molecule has 0 saturated carbocycles. The van der Waals surface area contributed by atoms with Crippen LogP contribution in [-0.4, -0.2) is 36.6 Å². The zero-order chi connectivity index (χ0) is 15.3. The maximum atomic E-state index is 10.6. The number of rotatable bonds is 6. The standard InChI is InChI=1S/C17H27NO3/c1-16(2)13-17(19,9-11-21-16)8-10-18-12-14-4-6-15(20-3)7-5-14/h4-7,18-19H,8-13H2,1-3H3/t17-/m0/s1. The van der Waals surface area contributed by atoms with Crippen molar-refractivity contribution in [2.24, 2.45) is 0 Å². The molecule has 2 rings (SSSR count). The van der Waals surface area contributed by atoms with Crippen molar-refractivity contribution < 1.29 is 14.6 Å². The maximum Gasteiger partial charge on any atom is 0.118 e. The lowest BCUT2D eigenvalue weighted by Crippen LogP contribution is -2.47. The van der Waals surface area contributed by atoms with E-state index in [9.17, 15) is 5.11 Å². The zero-order valence-corrected chi connectivity index (χ0v) is 13.3. The first-order valence-electron chi connectivity index (χ1n) is 7.63. The van der Waals surface area contributed by atoms with Gasteiger partial charge in [0.15, 0.2) is 0 Å². The van der Waals surface area contributed by atoms with Gasteiger partial charge in [0.25, 0.3) is 0 Å². The molecule has 1 aromatic carbocycles. The Hall–Kier alpha value is -1.10. The lowest BCUT2D eigenvalue weighted by Gasteiger charge is -2.41. The van der Waals surface area contributed by atoms with Gasteiger partial charge in [-0.05, 0) is 50.9 Å². The largest absolute Gasteiger partial charge is 0.497 e. The fraction of sp³-hybridized carbons (Fsp3) is 0.647. The molecule has 1 aliphatic heterocycles. The lowest BCUT2D eigenvalue weighted by atomic mass is 9.82. The number of hydrogen-bond donors (Lipinski definition) is 2. The van der Waals surface area contributed by atoms with Gasteiger partial charge in [-0.3, -0.25) is 0 Å². The van der Waals surface area contributed by atoms with E-state index in [2.05, 4.69) is 17.4 Å². The van der Waals surface area contributed by atoms with Crippen LogP contribution in [0.4, 0.5) is 0 Å². The van der Waals surface area contributed by atoms with Crippen LogP contribution >= 0.6 is 0 Å². The van der Waals surface area contributed by atoms with E-state index in [1.165, 1.54) is 5.56 Å². The molecule has 1 heterocycles. The first-order chi connectivity index (χ1) is 9.92. The molecule has 4 nitrogen and oxygen atoms in total. The molecular weight excluding hydrogens is 266 g/mol. The maximum absolute atomic E-state index is 10.6. The van der Waals surface area contributed by atoms with Crippen LogP contribution in [-0.2, 0) is 11.3 Å². The van der Waals surface area contributed by atoms with Crippen LogP contribution in [0.2, 0.25) is 0 Å². The van der Waals surface area contributed by atoms with Gasteiger partial charge in [0, 0.05) is 13.0 Å². The van der Waals surface area contributed by atoms with Gasteiger partial charge < -0.3 is 19.9 Å². The molecule has 0 bridgehead atoms. The number of hydrogen-bond acceptors (Lipinski definition) is 4. The highest BCUT2D eigenvalue weighted by Crippen LogP contribution is 2.33. The van der Waals surface area contributed by atoms with E-state index in [1.807, 2.05) is 26.0 Å². The minimum Gasteiger partial charge on any atom is -0.497 e. The van der Waals surface area contributed by atoms with Crippen molar-refractivity contribution in [1.29, 1.82) is 0 Å². The topological polar surface area (TPSA) is 50.7 Å². The van der Waals surface area contributed by atoms with Gasteiger partial charge in [-0.25, -0.2) is 0 Å². The lowest BCUT2D eigenvalue weighted by molar-refractivity contribution is -0.146. The minimum absolute atomic E-state index is 0.219. The average Bonchev–Trinajstić information content (AvgIpc) is 2.43. The molecule has 1 aromatic rings. The van der Waals surface area contributed by atoms with E-state index in [0.29, 0.717) is 13.0 Å². The summed E-state index contributed by atoms with van der Waals surface area (Å²) in [4.78, 5) is 0. The molecule has 1 saturated heterocycles. The molecule has 0 spiro atoms. The smallest absolute Gasteiger partial charge is 0.118 e. The van der Waals surface area contributed by atoms with E-state index in [0.717, 1.165) is 31.7 Å².